The molecule has 1 saturated heterocycles. The number of fused-ring (bicyclic) bond motifs is 1. The molecular weight excluding hydrogens is 476 g/mol. The second-order valence-electron chi connectivity index (χ2n) is 8.41. The highest BCUT2D eigenvalue weighted by molar-refractivity contribution is 7.89. The van der Waals surface area contributed by atoms with E-state index >= 15 is 0 Å². The highest BCUT2D eigenvalue weighted by Crippen LogP contribution is 2.37. The van der Waals surface area contributed by atoms with Crippen molar-refractivity contribution < 1.29 is 22.7 Å². The number of hydrogen-bond donors (Lipinski definition) is 1. The van der Waals surface area contributed by atoms with Crippen molar-refractivity contribution in [3.63, 3.8) is 0 Å². The highest BCUT2D eigenvalue weighted by Gasteiger charge is 2.28. The third-order valence-electron chi connectivity index (χ3n) is 6.15. The predicted molar refractivity (Wildman–Crippen MR) is 127 cm³/mol. The fourth-order valence-electron chi connectivity index (χ4n) is 4.19. The van der Waals surface area contributed by atoms with Gasteiger partial charge in [-0.3, -0.25) is 9.59 Å². The van der Waals surface area contributed by atoms with Gasteiger partial charge in [-0.15, -0.1) is 11.3 Å². The summed E-state index contributed by atoms with van der Waals surface area (Å²) in [6.45, 7) is 3.41. The summed E-state index contributed by atoms with van der Waals surface area (Å²) in [4.78, 5) is 27.2. The summed E-state index contributed by atoms with van der Waals surface area (Å²) in [7, 11) is -2.18. The molecule has 34 heavy (non-hydrogen) atoms. The second-order valence-corrected chi connectivity index (χ2v) is 11.6. The molecule has 3 heterocycles. The number of likely N-dealkylation sites (N-methyl/N-ethyl adjacent to an activating group) is 1. The maximum Gasteiger partial charge on any atom is 0.256 e. The summed E-state index contributed by atoms with van der Waals surface area (Å²) in [6, 6.07) is 7.90. The molecule has 1 unspecified atom stereocenters. The molecule has 1 atom stereocenters. The van der Waals surface area contributed by atoms with Crippen molar-refractivity contribution in [3.8, 4) is 6.07 Å². The van der Waals surface area contributed by atoms with Crippen LogP contribution in [0.2, 0.25) is 0 Å². The maximum atomic E-state index is 12.9. The Morgan fingerprint density at radius 1 is 1.32 bits per heavy atom. The van der Waals surface area contributed by atoms with E-state index in [1.165, 1.54) is 53.9 Å². The van der Waals surface area contributed by atoms with E-state index < -0.39 is 15.9 Å². The molecule has 1 N–H and O–H groups in total. The van der Waals surface area contributed by atoms with Crippen molar-refractivity contribution in [1.29, 1.82) is 5.26 Å². The number of carbonyl (C=O) groups excluding carboxylic acids is 2. The largest absolute Gasteiger partial charge is 0.377 e. The van der Waals surface area contributed by atoms with Crippen LogP contribution in [0.15, 0.2) is 29.2 Å². The van der Waals surface area contributed by atoms with Gasteiger partial charge in [-0.25, -0.2) is 8.42 Å². The number of carbonyl (C=O) groups is 2. The lowest BCUT2D eigenvalue weighted by molar-refractivity contribution is -0.129. The summed E-state index contributed by atoms with van der Waals surface area (Å²) in [5.41, 5.74) is 1.57. The first kappa shape index (κ1) is 24.3. The lowest BCUT2D eigenvalue weighted by Crippen LogP contribution is -2.34. The molecule has 11 heteroatoms. The number of hydrogen-bond acceptors (Lipinski definition) is 7. The van der Waals surface area contributed by atoms with Gasteiger partial charge in [0.05, 0.1) is 23.1 Å². The molecule has 1 fully saturated rings. The second kappa shape index (κ2) is 9.84. The normalized spacial score (nSPS) is 17.9. The van der Waals surface area contributed by atoms with Crippen molar-refractivity contribution >= 4 is 38.2 Å². The molecule has 0 spiro atoms. The van der Waals surface area contributed by atoms with E-state index in [0.717, 1.165) is 23.3 Å². The Labute approximate surface area is 203 Å². The van der Waals surface area contributed by atoms with Gasteiger partial charge in [0.15, 0.2) is 0 Å². The van der Waals surface area contributed by atoms with Gasteiger partial charge in [0.1, 0.15) is 11.1 Å². The number of nitrogens with one attached hydrogen (secondary N) is 1. The Balaban J connectivity index is 1.47. The van der Waals surface area contributed by atoms with Gasteiger partial charge < -0.3 is 15.0 Å². The molecule has 2 amide bonds. The van der Waals surface area contributed by atoms with Crippen LogP contribution in [-0.4, -0.2) is 62.3 Å². The minimum absolute atomic E-state index is 0.0281. The SMILES string of the molecule is CC(=O)N1CCc2c(sc(NC(=O)c3ccc(S(=O)(=O)N(C)CC4CCCO4)cc3)c2C#N)C1. The molecule has 4 rings (SSSR count). The van der Waals surface area contributed by atoms with Crippen LogP contribution in [0.5, 0.6) is 0 Å². The molecule has 1 aromatic carbocycles. The molecule has 180 valence electrons. The average Bonchev–Trinajstić information content (AvgIpc) is 3.45. The van der Waals surface area contributed by atoms with Gasteiger partial charge >= 0.3 is 0 Å². The molecular formula is C23H26N4O5S2. The van der Waals surface area contributed by atoms with Crippen molar-refractivity contribution in [3.05, 3.63) is 45.8 Å². The average molecular weight is 503 g/mol. The number of anilines is 1. The Morgan fingerprint density at radius 2 is 2.06 bits per heavy atom. The summed E-state index contributed by atoms with van der Waals surface area (Å²) < 4.78 is 32.5. The van der Waals surface area contributed by atoms with Crippen LogP contribution in [0.25, 0.3) is 0 Å². The van der Waals surface area contributed by atoms with E-state index in [1.807, 2.05) is 0 Å². The molecule has 2 aromatic rings. The van der Waals surface area contributed by atoms with E-state index in [2.05, 4.69) is 11.4 Å². The van der Waals surface area contributed by atoms with Gasteiger partial charge in [-0.05, 0) is 49.1 Å². The predicted octanol–water partition coefficient (Wildman–Crippen LogP) is 2.58. The van der Waals surface area contributed by atoms with E-state index in [0.29, 0.717) is 36.7 Å². The van der Waals surface area contributed by atoms with Crippen LogP contribution in [0.1, 0.15) is 46.1 Å². The molecule has 2 aliphatic rings. The Morgan fingerprint density at radius 3 is 2.68 bits per heavy atom. The summed E-state index contributed by atoms with van der Waals surface area (Å²) in [5, 5.41) is 12.9. The van der Waals surface area contributed by atoms with Crippen LogP contribution in [0.4, 0.5) is 5.00 Å². The third-order valence-corrected chi connectivity index (χ3v) is 9.12. The van der Waals surface area contributed by atoms with Gasteiger partial charge in [0.2, 0.25) is 15.9 Å². The Kier molecular flexibility index (Phi) is 7.04. The first-order valence-corrected chi connectivity index (χ1v) is 13.3. The fourth-order valence-corrected chi connectivity index (χ4v) is 6.60. The zero-order valence-corrected chi connectivity index (χ0v) is 20.7. The molecule has 0 radical (unpaired) electrons. The monoisotopic (exact) mass is 502 g/mol. The van der Waals surface area contributed by atoms with Gasteiger partial charge in [-0.2, -0.15) is 9.57 Å². The lowest BCUT2D eigenvalue weighted by Gasteiger charge is -2.25. The first-order valence-electron chi connectivity index (χ1n) is 11.0. The van der Waals surface area contributed by atoms with Gasteiger partial charge in [0, 0.05) is 44.1 Å². The zero-order chi connectivity index (χ0) is 24.5. The van der Waals surface area contributed by atoms with Gasteiger partial charge in [0.25, 0.3) is 5.91 Å². The minimum Gasteiger partial charge on any atom is -0.377 e. The molecule has 2 aliphatic heterocycles. The number of thiophene rings is 1. The number of benzene rings is 1. The smallest absolute Gasteiger partial charge is 0.256 e. The van der Waals surface area contributed by atoms with Crippen molar-refractivity contribution in [2.24, 2.45) is 0 Å². The third kappa shape index (κ3) is 4.86. The number of sulfonamides is 1. The zero-order valence-electron chi connectivity index (χ0n) is 19.0. The Hall–Kier alpha value is -2.78. The Bertz CT molecular complexity index is 1240. The van der Waals surface area contributed by atoms with E-state index in [1.54, 1.807) is 4.90 Å². The van der Waals surface area contributed by atoms with E-state index in [9.17, 15) is 23.3 Å². The molecule has 1 aromatic heterocycles. The minimum atomic E-state index is -3.70. The molecule has 0 aliphatic carbocycles. The summed E-state index contributed by atoms with van der Waals surface area (Å²) in [5.74, 6) is -0.463. The fraction of sp³-hybridized carbons (Fsp3) is 0.435. The molecule has 9 nitrogen and oxygen atoms in total. The molecule has 0 bridgehead atoms. The van der Waals surface area contributed by atoms with Crippen LogP contribution in [0.3, 0.4) is 0 Å². The topological polar surface area (TPSA) is 120 Å². The maximum absolute atomic E-state index is 12.9. The van der Waals surface area contributed by atoms with E-state index in [-0.39, 0.29) is 29.0 Å². The first-order chi connectivity index (χ1) is 16.2. The van der Waals surface area contributed by atoms with Crippen LogP contribution in [0, 0.1) is 11.3 Å². The van der Waals surface area contributed by atoms with E-state index in [4.69, 9.17) is 4.74 Å². The lowest BCUT2D eigenvalue weighted by atomic mass is 10.0. The van der Waals surface area contributed by atoms with Crippen molar-refractivity contribution in [2.75, 3.05) is 32.1 Å². The van der Waals surface area contributed by atoms with Crippen molar-refractivity contribution in [2.45, 2.75) is 43.7 Å². The van der Waals surface area contributed by atoms with Gasteiger partial charge in [-0.1, -0.05) is 0 Å². The summed E-state index contributed by atoms with van der Waals surface area (Å²) >= 11 is 1.29. The highest BCUT2D eigenvalue weighted by atomic mass is 32.2. The quantitative estimate of drug-likeness (QED) is 0.648. The summed E-state index contributed by atoms with van der Waals surface area (Å²) in [6.07, 6.45) is 2.23. The molecule has 0 saturated carbocycles. The number of amides is 2. The number of nitriles is 1. The van der Waals surface area contributed by atoms with Crippen LogP contribution < -0.4 is 5.32 Å². The number of nitrogens with zero attached hydrogens (tertiary/aromatic N) is 3. The van der Waals surface area contributed by atoms with Crippen LogP contribution in [-0.2, 0) is 32.5 Å². The standard InChI is InChI=1S/C23H26N4O5S2/c1-15(28)27-10-9-19-20(12-24)23(33-21(19)14-27)25-22(29)16-5-7-18(8-6-16)34(30,31)26(2)13-17-4-3-11-32-17/h5-8,17H,3-4,9-11,13-14H2,1-2H3,(H,25,29). The number of ether oxygens (including phenoxy) is 1. The number of rotatable bonds is 6. The van der Waals surface area contributed by atoms with Crippen LogP contribution >= 0.6 is 11.3 Å². The van der Waals surface area contributed by atoms with Crippen molar-refractivity contribution in [1.82, 2.24) is 9.21 Å².